The molecule has 35 heavy (non-hydrogen) atoms. The summed E-state index contributed by atoms with van der Waals surface area (Å²) in [6.45, 7) is 3.67. The number of aliphatic hydroxyl groups excluding tert-OH is 1. The molecule has 10 heteroatoms. The zero-order chi connectivity index (χ0) is 24.8. The molecule has 1 saturated heterocycles. The number of thiocarbonyl (C=S) groups is 1. The normalized spacial score (nSPS) is 15.8. The number of hydrogen-bond donors (Lipinski definition) is 2. The van der Waals surface area contributed by atoms with Crippen LogP contribution in [0.15, 0.2) is 64.4 Å². The largest absolute Gasteiger partial charge is 0.387 e. The van der Waals surface area contributed by atoms with Crippen LogP contribution in [0.5, 0.6) is 0 Å². The molecule has 8 nitrogen and oxygen atoms in total. The molecule has 1 aromatic carbocycles. The Kier molecular flexibility index (Phi) is 8.29. The van der Waals surface area contributed by atoms with Crippen molar-refractivity contribution in [2.75, 3.05) is 31.6 Å². The first-order chi connectivity index (χ1) is 17.0. The molecule has 182 valence electrons. The van der Waals surface area contributed by atoms with Crippen molar-refractivity contribution in [3.05, 3.63) is 81.1 Å². The summed E-state index contributed by atoms with van der Waals surface area (Å²) in [5.41, 5.74) is 1.10. The van der Waals surface area contributed by atoms with Gasteiger partial charge in [0.1, 0.15) is 15.8 Å². The van der Waals surface area contributed by atoms with Gasteiger partial charge in [-0.3, -0.25) is 18.9 Å². The van der Waals surface area contributed by atoms with Crippen molar-refractivity contribution < 1.29 is 14.6 Å². The lowest BCUT2D eigenvalue weighted by atomic mass is 10.1. The number of anilines is 1. The Hall–Kier alpha value is -3.05. The van der Waals surface area contributed by atoms with E-state index in [9.17, 15) is 14.7 Å². The second-order valence-electron chi connectivity index (χ2n) is 7.80. The van der Waals surface area contributed by atoms with Crippen molar-refractivity contribution in [3.63, 3.8) is 0 Å². The fourth-order valence-corrected chi connectivity index (χ4v) is 4.94. The quantitative estimate of drug-likeness (QED) is 0.243. The van der Waals surface area contributed by atoms with Crippen LogP contribution in [0.4, 0.5) is 5.82 Å². The molecule has 0 unspecified atom stereocenters. The van der Waals surface area contributed by atoms with E-state index in [1.54, 1.807) is 24.4 Å². The van der Waals surface area contributed by atoms with Gasteiger partial charge in [0.15, 0.2) is 0 Å². The number of hydrogen-bond acceptors (Lipinski definition) is 8. The number of thioether (sulfide) groups is 1. The van der Waals surface area contributed by atoms with E-state index < -0.39 is 6.10 Å². The Morgan fingerprint density at radius 1 is 1.20 bits per heavy atom. The predicted molar refractivity (Wildman–Crippen MR) is 142 cm³/mol. The van der Waals surface area contributed by atoms with E-state index in [1.807, 2.05) is 37.3 Å². The van der Waals surface area contributed by atoms with Crippen LogP contribution in [-0.4, -0.2) is 55.9 Å². The van der Waals surface area contributed by atoms with E-state index in [0.29, 0.717) is 41.1 Å². The maximum absolute atomic E-state index is 13.4. The maximum atomic E-state index is 13.4. The third-order valence-electron chi connectivity index (χ3n) is 5.44. The molecule has 1 fully saturated rings. The highest BCUT2D eigenvalue weighted by atomic mass is 32.2. The first kappa shape index (κ1) is 25.1. The number of pyridine rings is 1. The number of nitrogens with one attached hydrogen (secondary N) is 1. The summed E-state index contributed by atoms with van der Waals surface area (Å²) in [6.07, 6.45) is 3.03. The third kappa shape index (κ3) is 5.79. The first-order valence-corrected chi connectivity index (χ1v) is 12.5. The third-order valence-corrected chi connectivity index (χ3v) is 6.82. The van der Waals surface area contributed by atoms with Gasteiger partial charge >= 0.3 is 0 Å². The van der Waals surface area contributed by atoms with E-state index in [-0.39, 0.29) is 29.4 Å². The second kappa shape index (κ2) is 11.6. The number of nitrogens with zero attached hydrogens (tertiary/aromatic N) is 3. The fourth-order valence-electron chi connectivity index (χ4n) is 3.65. The van der Waals surface area contributed by atoms with Gasteiger partial charge < -0.3 is 15.2 Å². The SMILES string of the molecule is CCOCCCN1C(=O)/C(=C/c2c(NC[C@@H](O)c3ccccc3)nc3ccccn3c2=O)SC1=S. The Bertz CT molecular complexity index is 1310. The monoisotopic (exact) mass is 510 g/mol. The Labute approximate surface area is 212 Å². The van der Waals surface area contributed by atoms with Crippen LogP contribution in [0.2, 0.25) is 0 Å². The summed E-state index contributed by atoms with van der Waals surface area (Å²) >= 11 is 6.57. The molecule has 3 aromatic rings. The Morgan fingerprint density at radius 3 is 2.74 bits per heavy atom. The van der Waals surface area contributed by atoms with Gasteiger partial charge in [-0.1, -0.05) is 60.4 Å². The van der Waals surface area contributed by atoms with Gasteiger partial charge in [-0.25, -0.2) is 4.98 Å². The molecule has 0 radical (unpaired) electrons. The van der Waals surface area contributed by atoms with E-state index in [4.69, 9.17) is 17.0 Å². The Balaban J connectivity index is 1.64. The van der Waals surface area contributed by atoms with E-state index in [0.717, 1.165) is 17.3 Å². The number of aliphatic hydroxyl groups is 1. The summed E-state index contributed by atoms with van der Waals surface area (Å²) in [4.78, 5) is 32.9. The number of carbonyl (C=O) groups is 1. The predicted octanol–water partition coefficient (Wildman–Crippen LogP) is 3.47. The number of ether oxygens (including phenoxy) is 1. The molecule has 1 aliphatic heterocycles. The van der Waals surface area contributed by atoms with Gasteiger partial charge in [0.2, 0.25) is 0 Å². The molecule has 3 heterocycles. The van der Waals surface area contributed by atoms with Crippen molar-refractivity contribution in [1.82, 2.24) is 14.3 Å². The molecule has 0 spiro atoms. The van der Waals surface area contributed by atoms with Crippen molar-refractivity contribution in [1.29, 1.82) is 0 Å². The van der Waals surface area contributed by atoms with Gasteiger partial charge in [-0.15, -0.1) is 0 Å². The molecule has 1 aliphatic rings. The number of fused-ring (bicyclic) bond motifs is 1. The average molecular weight is 511 g/mol. The minimum Gasteiger partial charge on any atom is -0.387 e. The molecule has 1 amide bonds. The summed E-state index contributed by atoms with van der Waals surface area (Å²) in [5.74, 6) is 0.0436. The number of benzene rings is 1. The lowest BCUT2D eigenvalue weighted by Crippen LogP contribution is -2.29. The number of carbonyl (C=O) groups excluding carboxylic acids is 1. The molecule has 0 saturated carbocycles. The molecule has 2 N–H and O–H groups in total. The summed E-state index contributed by atoms with van der Waals surface area (Å²) in [7, 11) is 0. The number of rotatable bonds is 10. The smallest absolute Gasteiger partial charge is 0.267 e. The van der Waals surface area contributed by atoms with Crippen LogP contribution in [0.25, 0.3) is 11.7 Å². The number of aromatic nitrogens is 2. The minimum absolute atomic E-state index is 0.138. The highest BCUT2D eigenvalue weighted by Gasteiger charge is 2.32. The standard InChI is InChI=1S/C25H26N4O4S2/c1-2-33-14-8-13-29-24(32)20(35-25(29)34)15-18-22(26-16-19(30)17-9-4-3-5-10-17)27-21-11-6-7-12-28(21)23(18)31/h3-7,9-12,15,19,26,30H,2,8,13-14,16H2,1H3/b20-15-/t19-/m1/s1. The van der Waals surface area contributed by atoms with Gasteiger partial charge in [-0.2, -0.15) is 0 Å². The molecular weight excluding hydrogens is 484 g/mol. The Morgan fingerprint density at radius 2 is 1.97 bits per heavy atom. The highest BCUT2D eigenvalue weighted by molar-refractivity contribution is 8.26. The van der Waals surface area contributed by atoms with Crippen molar-refractivity contribution in [2.45, 2.75) is 19.4 Å². The van der Waals surface area contributed by atoms with Gasteiger partial charge in [0.05, 0.1) is 16.6 Å². The fraction of sp³-hybridized carbons (Fsp3) is 0.280. The van der Waals surface area contributed by atoms with E-state index in [2.05, 4.69) is 10.3 Å². The molecular formula is C25H26N4O4S2. The lowest BCUT2D eigenvalue weighted by molar-refractivity contribution is -0.122. The molecule has 0 aliphatic carbocycles. The zero-order valence-corrected chi connectivity index (χ0v) is 20.8. The van der Waals surface area contributed by atoms with Crippen LogP contribution in [-0.2, 0) is 9.53 Å². The van der Waals surface area contributed by atoms with Crippen molar-refractivity contribution in [3.8, 4) is 0 Å². The first-order valence-electron chi connectivity index (χ1n) is 11.3. The second-order valence-corrected chi connectivity index (χ2v) is 9.48. The van der Waals surface area contributed by atoms with Gasteiger partial charge in [-0.05, 0) is 37.1 Å². The lowest BCUT2D eigenvalue weighted by Gasteiger charge is -2.15. The topological polar surface area (TPSA) is 96.2 Å². The average Bonchev–Trinajstić information content (AvgIpc) is 3.14. The van der Waals surface area contributed by atoms with Crippen molar-refractivity contribution in [2.24, 2.45) is 0 Å². The molecule has 0 bridgehead atoms. The zero-order valence-electron chi connectivity index (χ0n) is 19.2. The summed E-state index contributed by atoms with van der Waals surface area (Å²) < 4.78 is 7.22. The van der Waals surface area contributed by atoms with Crippen LogP contribution >= 0.6 is 24.0 Å². The maximum Gasteiger partial charge on any atom is 0.267 e. The van der Waals surface area contributed by atoms with E-state index >= 15 is 0 Å². The van der Waals surface area contributed by atoms with Crippen molar-refractivity contribution >= 4 is 51.7 Å². The van der Waals surface area contributed by atoms with Crippen LogP contribution in [0.3, 0.4) is 0 Å². The van der Waals surface area contributed by atoms with Crippen LogP contribution in [0.1, 0.15) is 30.6 Å². The minimum atomic E-state index is -0.802. The van der Waals surface area contributed by atoms with Crippen LogP contribution < -0.4 is 10.9 Å². The van der Waals surface area contributed by atoms with E-state index in [1.165, 1.54) is 15.4 Å². The van der Waals surface area contributed by atoms with Crippen LogP contribution in [0, 0.1) is 0 Å². The van der Waals surface area contributed by atoms with Gasteiger partial charge in [0, 0.05) is 32.5 Å². The number of amides is 1. The summed E-state index contributed by atoms with van der Waals surface area (Å²) in [5, 5.41) is 13.7. The highest BCUT2D eigenvalue weighted by Crippen LogP contribution is 2.33. The molecule has 4 rings (SSSR count). The molecule has 2 aromatic heterocycles. The summed E-state index contributed by atoms with van der Waals surface area (Å²) in [6, 6.07) is 14.5. The van der Waals surface area contributed by atoms with Gasteiger partial charge in [0.25, 0.3) is 11.5 Å². The molecule has 1 atom stereocenters.